The molecular weight excluding hydrogens is 246 g/mol. The number of ketones is 1. The van der Waals surface area contributed by atoms with Crippen LogP contribution in [0.3, 0.4) is 0 Å². The minimum atomic E-state index is 0.323. The number of hydrogen-bond donors (Lipinski definition) is 0. The highest BCUT2D eigenvalue weighted by molar-refractivity contribution is 5.98. The van der Waals surface area contributed by atoms with Crippen LogP contribution in [0.4, 0.5) is 0 Å². The Morgan fingerprint density at radius 1 is 1.15 bits per heavy atom. The maximum atomic E-state index is 12.0. The van der Waals surface area contributed by atoms with Crippen LogP contribution in [0.1, 0.15) is 45.7 Å². The molecule has 104 valence electrons. The Labute approximate surface area is 120 Å². The monoisotopic (exact) mass is 267 g/mol. The van der Waals surface area contributed by atoms with Crippen molar-refractivity contribution in [1.29, 1.82) is 0 Å². The van der Waals surface area contributed by atoms with Gasteiger partial charge in [-0.2, -0.15) is 0 Å². The minimum absolute atomic E-state index is 0.323. The van der Waals surface area contributed by atoms with Gasteiger partial charge in [0.2, 0.25) is 0 Å². The fourth-order valence-electron chi connectivity index (χ4n) is 3.21. The van der Waals surface area contributed by atoms with Crippen molar-refractivity contribution in [2.45, 2.75) is 46.1 Å². The van der Waals surface area contributed by atoms with Gasteiger partial charge >= 0.3 is 0 Å². The van der Waals surface area contributed by atoms with E-state index in [4.69, 9.17) is 0 Å². The molecule has 0 aliphatic heterocycles. The summed E-state index contributed by atoms with van der Waals surface area (Å²) in [5, 5.41) is 0. The second-order valence-electron chi connectivity index (χ2n) is 5.81. The van der Waals surface area contributed by atoms with Crippen molar-refractivity contribution in [3.8, 4) is 0 Å². The lowest BCUT2D eigenvalue weighted by molar-refractivity contribution is 0.0972. The van der Waals surface area contributed by atoms with Crippen LogP contribution in [-0.4, -0.2) is 10.4 Å². The highest BCUT2D eigenvalue weighted by Crippen LogP contribution is 2.25. The van der Waals surface area contributed by atoms with Gasteiger partial charge in [-0.15, -0.1) is 0 Å². The molecule has 3 rings (SSSR count). The second kappa shape index (κ2) is 5.28. The van der Waals surface area contributed by atoms with Crippen molar-refractivity contribution < 1.29 is 4.79 Å². The highest BCUT2D eigenvalue weighted by atomic mass is 16.1. The van der Waals surface area contributed by atoms with E-state index in [9.17, 15) is 4.79 Å². The Bertz CT molecular complexity index is 651. The summed E-state index contributed by atoms with van der Waals surface area (Å²) in [5.41, 5.74) is 6.13. The van der Waals surface area contributed by atoms with Crippen LogP contribution in [-0.2, 0) is 19.4 Å². The largest absolute Gasteiger partial charge is 0.348 e. The number of aryl methyl sites for hydroxylation is 3. The van der Waals surface area contributed by atoms with Gasteiger partial charge in [0.15, 0.2) is 5.78 Å². The average Bonchev–Trinajstić information content (AvgIpc) is 2.74. The van der Waals surface area contributed by atoms with Crippen molar-refractivity contribution in [2.24, 2.45) is 0 Å². The summed E-state index contributed by atoms with van der Waals surface area (Å²) in [6.45, 7) is 5.21. The normalized spacial score (nSPS) is 14.4. The number of Topliss-reactive ketones (excluding diaryl/α,β-unsaturated/α-hetero) is 1. The topological polar surface area (TPSA) is 22.0 Å². The number of fused-ring (bicyclic) bond motifs is 1. The summed E-state index contributed by atoms with van der Waals surface area (Å²) in [6, 6.07) is 10.8. The number of aromatic nitrogens is 1. The highest BCUT2D eigenvalue weighted by Gasteiger charge is 2.22. The van der Waals surface area contributed by atoms with Gasteiger partial charge in [0.1, 0.15) is 0 Å². The number of benzene rings is 1. The van der Waals surface area contributed by atoms with Crippen LogP contribution in [0.25, 0.3) is 0 Å². The fourth-order valence-corrected chi connectivity index (χ4v) is 3.21. The van der Waals surface area contributed by atoms with Gasteiger partial charge in [0, 0.05) is 29.9 Å². The maximum absolute atomic E-state index is 12.0. The molecule has 2 nitrogen and oxygen atoms in total. The van der Waals surface area contributed by atoms with Crippen molar-refractivity contribution in [3.63, 3.8) is 0 Å². The van der Waals surface area contributed by atoms with Gasteiger partial charge in [0.25, 0.3) is 0 Å². The molecule has 0 saturated carbocycles. The van der Waals surface area contributed by atoms with Crippen LogP contribution in [0, 0.1) is 13.8 Å². The fraction of sp³-hybridized carbons (Fsp3) is 0.389. The third-order valence-corrected chi connectivity index (χ3v) is 4.24. The van der Waals surface area contributed by atoms with Gasteiger partial charge in [-0.3, -0.25) is 4.79 Å². The van der Waals surface area contributed by atoms with E-state index in [0.29, 0.717) is 12.2 Å². The first-order valence-corrected chi connectivity index (χ1v) is 7.43. The molecule has 0 bridgehead atoms. The van der Waals surface area contributed by atoms with Crippen molar-refractivity contribution in [2.75, 3.05) is 0 Å². The third kappa shape index (κ3) is 2.43. The molecule has 1 aliphatic carbocycles. The first-order chi connectivity index (χ1) is 9.65. The molecule has 1 aliphatic rings. The van der Waals surface area contributed by atoms with Gasteiger partial charge in [-0.25, -0.2) is 0 Å². The Hall–Kier alpha value is -1.83. The summed E-state index contributed by atoms with van der Waals surface area (Å²) in [4.78, 5) is 12.0. The number of nitrogens with zero attached hydrogens (tertiary/aromatic N) is 1. The number of rotatable bonds is 3. The minimum Gasteiger partial charge on any atom is -0.348 e. The standard InChI is InChI=1S/C18H21NO/c1-13-5-3-6-15(11-13)9-10-19-14(2)12-16-17(19)7-4-8-18(16)20/h3,5-6,11-12H,4,7-10H2,1-2H3. The van der Waals surface area contributed by atoms with Gasteiger partial charge in [-0.05, 0) is 44.7 Å². The van der Waals surface area contributed by atoms with E-state index in [-0.39, 0.29) is 0 Å². The van der Waals surface area contributed by atoms with E-state index in [0.717, 1.165) is 31.4 Å². The summed E-state index contributed by atoms with van der Waals surface area (Å²) >= 11 is 0. The van der Waals surface area contributed by atoms with E-state index in [1.807, 2.05) is 0 Å². The van der Waals surface area contributed by atoms with Crippen molar-refractivity contribution in [1.82, 2.24) is 4.57 Å². The van der Waals surface area contributed by atoms with Crippen LogP contribution in [0.2, 0.25) is 0 Å². The number of carbonyl (C=O) groups excluding carboxylic acids is 1. The first-order valence-electron chi connectivity index (χ1n) is 7.43. The number of carbonyl (C=O) groups is 1. The molecule has 0 N–H and O–H groups in total. The Kier molecular flexibility index (Phi) is 3.47. The van der Waals surface area contributed by atoms with E-state index < -0.39 is 0 Å². The Morgan fingerprint density at radius 2 is 2.00 bits per heavy atom. The van der Waals surface area contributed by atoms with E-state index in [1.165, 1.54) is 22.5 Å². The molecule has 1 aromatic carbocycles. The maximum Gasteiger partial charge on any atom is 0.164 e. The van der Waals surface area contributed by atoms with Gasteiger partial charge in [0.05, 0.1) is 0 Å². The molecule has 1 aromatic heterocycles. The molecule has 0 unspecified atom stereocenters. The molecule has 1 heterocycles. The lowest BCUT2D eigenvalue weighted by Gasteiger charge is -2.16. The molecule has 0 saturated heterocycles. The Balaban J connectivity index is 1.83. The average molecular weight is 267 g/mol. The first kappa shape index (κ1) is 13.2. The molecule has 0 fully saturated rings. The Morgan fingerprint density at radius 3 is 2.80 bits per heavy atom. The predicted molar refractivity (Wildman–Crippen MR) is 81.3 cm³/mol. The SMILES string of the molecule is Cc1cccc(CCn2c(C)cc3c2CCCC3=O)c1. The molecule has 20 heavy (non-hydrogen) atoms. The molecule has 0 spiro atoms. The quantitative estimate of drug-likeness (QED) is 0.827. The zero-order valence-corrected chi connectivity index (χ0v) is 12.3. The zero-order chi connectivity index (χ0) is 14.1. The smallest absolute Gasteiger partial charge is 0.164 e. The van der Waals surface area contributed by atoms with Crippen molar-refractivity contribution >= 4 is 5.78 Å². The van der Waals surface area contributed by atoms with E-state index in [1.54, 1.807) is 0 Å². The summed E-state index contributed by atoms with van der Waals surface area (Å²) in [7, 11) is 0. The lowest BCUT2D eigenvalue weighted by atomic mass is 9.96. The zero-order valence-electron chi connectivity index (χ0n) is 12.3. The third-order valence-electron chi connectivity index (χ3n) is 4.24. The van der Waals surface area contributed by atoms with Crippen LogP contribution >= 0.6 is 0 Å². The van der Waals surface area contributed by atoms with Crippen LogP contribution < -0.4 is 0 Å². The van der Waals surface area contributed by atoms with Crippen molar-refractivity contribution in [3.05, 3.63) is 58.4 Å². The molecule has 2 aromatic rings. The summed E-state index contributed by atoms with van der Waals surface area (Å²) in [5.74, 6) is 0.323. The molecule has 0 radical (unpaired) electrons. The van der Waals surface area contributed by atoms with Crippen LogP contribution in [0.15, 0.2) is 30.3 Å². The van der Waals surface area contributed by atoms with E-state index in [2.05, 4.69) is 48.7 Å². The van der Waals surface area contributed by atoms with E-state index >= 15 is 0 Å². The van der Waals surface area contributed by atoms with Gasteiger partial charge in [-0.1, -0.05) is 29.8 Å². The predicted octanol–water partition coefficient (Wildman–Crippen LogP) is 3.87. The van der Waals surface area contributed by atoms with Crippen LogP contribution in [0.5, 0.6) is 0 Å². The molecular formula is C18H21NO. The van der Waals surface area contributed by atoms with Gasteiger partial charge < -0.3 is 4.57 Å². The molecule has 0 amide bonds. The summed E-state index contributed by atoms with van der Waals surface area (Å²) < 4.78 is 2.34. The number of hydrogen-bond acceptors (Lipinski definition) is 1. The molecule has 0 atom stereocenters. The summed E-state index contributed by atoms with van der Waals surface area (Å²) in [6.07, 6.45) is 3.79. The second-order valence-corrected chi connectivity index (χ2v) is 5.81. The molecule has 2 heteroatoms. The lowest BCUT2D eigenvalue weighted by Crippen LogP contribution is -2.14.